The minimum Gasteiger partial charge on any atom is -0.379 e. The number of halogens is 1. The molecule has 0 bridgehead atoms. The quantitative estimate of drug-likeness (QED) is 0.433. The monoisotopic (exact) mass is 464 g/mol. The molecule has 0 aliphatic carbocycles. The van der Waals surface area contributed by atoms with Crippen molar-refractivity contribution in [2.24, 2.45) is 0 Å². The van der Waals surface area contributed by atoms with E-state index >= 15 is 0 Å². The van der Waals surface area contributed by atoms with Crippen LogP contribution in [0.1, 0.15) is 17.4 Å². The molecule has 0 unspecified atom stereocenters. The van der Waals surface area contributed by atoms with Crippen molar-refractivity contribution in [3.8, 4) is 11.1 Å². The van der Waals surface area contributed by atoms with Crippen LogP contribution in [0, 0.1) is 5.82 Å². The van der Waals surface area contributed by atoms with Gasteiger partial charge in [-0.2, -0.15) is 0 Å². The molecular formula is C25H25FN4O2S. The summed E-state index contributed by atoms with van der Waals surface area (Å²) >= 11 is 1.43. The Labute approximate surface area is 195 Å². The van der Waals surface area contributed by atoms with Crippen LogP contribution in [0.2, 0.25) is 0 Å². The number of aromatic nitrogens is 2. The Morgan fingerprint density at radius 3 is 2.64 bits per heavy atom. The Morgan fingerprint density at radius 2 is 1.88 bits per heavy atom. The maximum absolute atomic E-state index is 13.3. The van der Waals surface area contributed by atoms with Crippen molar-refractivity contribution in [1.29, 1.82) is 0 Å². The van der Waals surface area contributed by atoms with Gasteiger partial charge in [-0.1, -0.05) is 42.5 Å². The molecule has 1 aliphatic heterocycles. The van der Waals surface area contributed by atoms with Crippen LogP contribution >= 0.6 is 11.3 Å². The van der Waals surface area contributed by atoms with Crippen LogP contribution in [-0.2, 0) is 11.3 Å². The fourth-order valence-electron chi connectivity index (χ4n) is 4.15. The number of rotatable bonds is 7. The molecule has 2 aromatic carbocycles. The van der Waals surface area contributed by atoms with Crippen molar-refractivity contribution in [2.75, 3.05) is 32.8 Å². The van der Waals surface area contributed by atoms with E-state index in [0.29, 0.717) is 22.6 Å². The van der Waals surface area contributed by atoms with E-state index in [9.17, 15) is 9.18 Å². The third-order valence-corrected chi connectivity index (χ3v) is 6.78. The minimum absolute atomic E-state index is 0.100. The number of morpholine rings is 1. The van der Waals surface area contributed by atoms with Crippen LogP contribution in [0.3, 0.4) is 0 Å². The van der Waals surface area contributed by atoms with E-state index in [2.05, 4.69) is 27.3 Å². The van der Waals surface area contributed by atoms with Crippen molar-refractivity contribution in [3.05, 3.63) is 87.5 Å². The average Bonchev–Trinajstić information content (AvgIpc) is 3.28. The van der Waals surface area contributed by atoms with Crippen LogP contribution in [-0.4, -0.2) is 47.7 Å². The number of ether oxygens (including phenoxy) is 1. The first-order valence-corrected chi connectivity index (χ1v) is 11.9. The summed E-state index contributed by atoms with van der Waals surface area (Å²) in [5.74, 6) is 0.298. The fourth-order valence-corrected chi connectivity index (χ4v) is 5.12. The number of hydrogen-bond acceptors (Lipinski definition) is 6. The minimum atomic E-state index is -0.302. The summed E-state index contributed by atoms with van der Waals surface area (Å²) in [5, 5.41) is 6.03. The first kappa shape index (κ1) is 21.9. The van der Waals surface area contributed by atoms with Gasteiger partial charge in [0.15, 0.2) is 0 Å². The lowest BCUT2D eigenvalue weighted by Gasteiger charge is -2.31. The molecule has 8 heteroatoms. The second-order valence-corrected chi connectivity index (χ2v) is 8.96. The van der Waals surface area contributed by atoms with Crippen LogP contribution in [0.15, 0.2) is 64.8 Å². The van der Waals surface area contributed by atoms with Gasteiger partial charge in [0.05, 0.1) is 25.1 Å². The average molecular weight is 465 g/mol. The zero-order valence-corrected chi connectivity index (χ0v) is 18.9. The lowest BCUT2D eigenvalue weighted by Crippen LogP contribution is -2.42. The highest BCUT2D eigenvalue weighted by Crippen LogP contribution is 2.30. The van der Waals surface area contributed by atoms with Crippen LogP contribution < -0.4 is 10.9 Å². The number of fused-ring (bicyclic) bond motifs is 1. The van der Waals surface area contributed by atoms with Gasteiger partial charge in [0.1, 0.15) is 16.5 Å². The molecule has 0 amide bonds. The molecule has 5 rings (SSSR count). The van der Waals surface area contributed by atoms with Gasteiger partial charge < -0.3 is 15.0 Å². The third kappa shape index (κ3) is 5.04. The smallest absolute Gasteiger partial charge is 0.260 e. The summed E-state index contributed by atoms with van der Waals surface area (Å²) < 4.78 is 18.8. The number of hydrogen-bond donors (Lipinski definition) is 2. The molecule has 1 aliphatic rings. The predicted molar refractivity (Wildman–Crippen MR) is 129 cm³/mol. The van der Waals surface area contributed by atoms with Crippen molar-refractivity contribution < 1.29 is 9.13 Å². The van der Waals surface area contributed by atoms with Crippen LogP contribution in [0.4, 0.5) is 4.39 Å². The number of aromatic amines is 1. The molecule has 0 radical (unpaired) electrons. The topological polar surface area (TPSA) is 70.2 Å². The zero-order chi connectivity index (χ0) is 22.6. The highest BCUT2D eigenvalue weighted by Gasteiger charge is 2.19. The molecule has 0 spiro atoms. The van der Waals surface area contributed by atoms with Crippen LogP contribution in [0.5, 0.6) is 0 Å². The van der Waals surface area contributed by atoms with E-state index in [-0.39, 0.29) is 17.4 Å². The van der Waals surface area contributed by atoms with Gasteiger partial charge in [-0.15, -0.1) is 11.3 Å². The second-order valence-electron chi connectivity index (χ2n) is 8.11. The predicted octanol–water partition coefficient (Wildman–Crippen LogP) is 3.95. The summed E-state index contributed by atoms with van der Waals surface area (Å²) in [6.45, 7) is 4.62. The van der Waals surface area contributed by atoms with E-state index < -0.39 is 0 Å². The molecular weight excluding hydrogens is 439 g/mol. The van der Waals surface area contributed by atoms with Gasteiger partial charge in [0, 0.05) is 36.6 Å². The van der Waals surface area contributed by atoms with E-state index in [1.807, 2.05) is 23.6 Å². The molecule has 4 aromatic rings. The number of benzene rings is 2. The lowest BCUT2D eigenvalue weighted by atomic mass is 10.1. The Morgan fingerprint density at radius 1 is 1.12 bits per heavy atom. The molecule has 2 N–H and O–H groups in total. The van der Waals surface area contributed by atoms with E-state index in [1.54, 1.807) is 12.1 Å². The molecule has 170 valence electrons. The van der Waals surface area contributed by atoms with Crippen LogP contribution in [0.25, 0.3) is 21.3 Å². The largest absolute Gasteiger partial charge is 0.379 e. The number of thiophene rings is 1. The summed E-state index contributed by atoms with van der Waals surface area (Å²) in [7, 11) is 0. The first-order valence-electron chi connectivity index (χ1n) is 11.0. The zero-order valence-electron chi connectivity index (χ0n) is 18.1. The fraction of sp³-hybridized carbons (Fsp3) is 0.280. The highest BCUT2D eigenvalue weighted by molar-refractivity contribution is 7.17. The van der Waals surface area contributed by atoms with Gasteiger partial charge in [-0.05, 0) is 23.3 Å². The lowest BCUT2D eigenvalue weighted by molar-refractivity contribution is 0.0333. The molecule has 6 nitrogen and oxygen atoms in total. The van der Waals surface area contributed by atoms with Gasteiger partial charge in [0.25, 0.3) is 5.56 Å². The van der Waals surface area contributed by atoms with Gasteiger partial charge in [-0.3, -0.25) is 9.69 Å². The Balaban J connectivity index is 1.37. The maximum Gasteiger partial charge on any atom is 0.260 e. The summed E-state index contributed by atoms with van der Waals surface area (Å²) in [5.41, 5.74) is 2.59. The molecule has 0 saturated carbocycles. The molecule has 1 atom stereocenters. The second kappa shape index (κ2) is 9.93. The molecule has 3 heterocycles. The van der Waals surface area contributed by atoms with Crippen molar-refractivity contribution >= 4 is 21.6 Å². The summed E-state index contributed by atoms with van der Waals surface area (Å²) in [6.07, 6.45) is 0. The number of nitrogens with one attached hydrogen (secondary N) is 2. The third-order valence-electron chi connectivity index (χ3n) is 5.91. The SMILES string of the molecule is O=c1[nH]c(CN[C@@H](CN2CCOCC2)c2ccccc2)nc2scc(-c3ccc(F)cc3)c12. The molecule has 33 heavy (non-hydrogen) atoms. The Kier molecular flexibility index (Phi) is 6.59. The van der Waals surface area contributed by atoms with Gasteiger partial charge in [0.2, 0.25) is 0 Å². The van der Waals surface area contributed by atoms with Crippen molar-refractivity contribution in [3.63, 3.8) is 0 Å². The maximum atomic E-state index is 13.3. The standard InChI is InChI=1S/C25H25FN4O2S/c26-19-8-6-17(7-9-19)20-16-33-25-23(20)24(31)28-22(29-25)14-27-21(18-4-2-1-3-5-18)15-30-10-12-32-13-11-30/h1-9,16,21,27H,10-15H2,(H,28,29,31)/t21-/m0/s1. The van der Waals surface area contributed by atoms with Gasteiger partial charge >= 0.3 is 0 Å². The van der Waals surface area contributed by atoms with E-state index in [0.717, 1.165) is 44.0 Å². The normalized spacial score (nSPS) is 15.7. The molecule has 1 fully saturated rings. The first-order chi connectivity index (χ1) is 16.2. The highest BCUT2D eigenvalue weighted by atomic mass is 32.1. The summed E-state index contributed by atoms with van der Waals surface area (Å²) in [4.78, 5) is 23.7. The van der Waals surface area contributed by atoms with Crippen molar-refractivity contribution in [1.82, 2.24) is 20.2 Å². The number of H-pyrrole nitrogens is 1. The van der Waals surface area contributed by atoms with Gasteiger partial charge in [-0.25, -0.2) is 9.37 Å². The molecule has 2 aromatic heterocycles. The van der Waals surface area contributed by atoms with E-state index in [1.165, 1.54) is 29.0 Å². The van der Waals surface area contributed by atoms with E-state index in [4.69, 9.17) is 9.72 Å². The summed E-state index contributed by atoms with van der Waals surface area (Å²) in [6, 6.07) is 16.6. The molecule has 1 saturated heterocycles. The Bertz CT molecular complexity index is 1270. The Hall–Kier alpha value is -2.91. The van der Waals surface area contributed by atoms with Crippen molar-refractivity contribution in [2.45, 2.75) is 12.6 Å². The number of nitrogens with zero attached hydrogens (tertiary/aromatic N) is 2.